The molecule has 3 nitrogen and oxygen atoms in total. The summed E-state index contributed by atoms with van der Waals surface area (Å²) in [5.41, 5.74) is 1.79. The largest absolute Gasteiger partial charge is 0.322 e. The molecule has 0 aliphatic rings. The van der Waals surface area contributed by atoms with Crippen LogP contribution in [0.2, 0.25) is 0 Å². The molecule has 2 rings (SSSR count). The molecule has 0 bridgehead atoms. The highest BCUT2D eigenvalue weighted by Gasteiger charge is 2.15. The van der Waals surface area contributed by atoms with Gasteiger partial charge in [0.25, 0.3) is 0 Å². The van der Waals surface area contributed by atoms with Gasteiger partial charge in [-0.25, -0.2) is 0 Å². The van der Waals surface area contributed by atoms with Gasteiger partial charge in [0.15, 0.2) is 11.6 Å². The lowest BCUT2D eigenvalue weighted by atomic mass is 10.0. The molecule has 0 amide bonds. The Kier molecular flexibility index (Phi) is 2.91. The standard InChI is InChI=1S/C14H13NO2/c1-10(16)12-6-5-7-13(11(2)17)14(12)15-8-3-4-9-15/h3-9H,1-2H3. The van der Waals surface area contributed by atoms with Gasteiger partial charge < -0.3 is 4.57 Å². The van der Waals surface area contributed by atoms with Gasteiger partial charge >= 0.3 is 0 Å². The zero-order valence-electron chi connectivity index (χ0n) is 9.81. The van der Waals surface area contributed by atoms with Gasteiger partial charge in [0.2, 0.25) is 0 Å². The maximum Gasteiger partial charge on any atom is 0.161 e. The zero-order chi connectivity index (χ0) is 12.4. The number of para-hydroxylation sites is 1. The number of carbonyl (C=O) groups excluding carboxylic acids is 2. The van der Waals surface area contributed by atoms with Crippen LogP contribution in [0.25, 0.3) is 5.69 Å². The maximum absolute atomic E-state index is 11.6. The van der Waals surface area contributed by atoms with Crippen molar-refractivity contribution < 1.29 is 9.59 Å². The summed E-state index contributed by atoms with van der Waals surface area (Å²) in [6.07, 6.45) is 3.66. The molecule has 3 heteroatoms. The first-order valence-corrected chi connectivity index (χ1v) is 5.39. The Balaban J connectivity index is 2.76. The Hall–Kier alpha value is -2.16. The number of rotatable bonds is 3. The average Bonchev–Trinajstić information content (AvgIpc) is 2.80. The van der Waals surface area contributed by atoms with Crippen LogP contribution in [0.3, 0.4) is 0 Å². The van der Waals surface area contributed by atoms with Crippen LogP contribution in [0.4, 0.5) is 0 Å². The molecule has 0 radical (unpaired) electrons. The zero-order valence-corrected chi connectivity index (χ0v) is 9.81. The second-order valence-corrected chi connectivity index (χ2v) is 3.90. The van der Waals surface area contributed by atoms with Crippen molar-refractivity contribution in [1.82, 2.24) is 4.57 Å². The molecule has 0 N–H and O–H groups in total. The van der Waals surface area contributed by atoms with Crippen LogP contribution in [-0.2, 0) is 0 Å². The van der Waals surface area contributed by atoms with Gasteiger partial charge in [-0.1, -0.05) is 6.07 Å². The van der Waals surface area contributed by atoms with Gasteiger partial charge in [-0.05, 0) is 38.1 Å². The van der Waals surface area contributed by atoms with Crippen molar-refractivity contribution in [2.45, 2.75) is 13.8 Å². The Morgan fingerprint density at radius 1 is 0.882 bits per heavy atom. The smallest absolute Gasteiger partial charge is 0.161 e. The first-order chi connectivity index (χ1) is 8.11. The third-order valence-corrected chi connectivity index (χ3v) is 2.66. The number of nitrogens with zero attached hydrogens (tertiary/aromatic N) is 1. The van der Waals surface area contributed by atoms with E-state index in [9.17, 15) is 9.59 Å². The molecule has 17 heavy (non-hydrogen) atoms. The minimum atomic E-state index is -0.0446. The average molecular weight is 227 g/mol. The third-order valence-electron chi connectivity index (χ3n) is 2.66. The Morgan fingerprint density at radius 2 is 1.35 bits per heavy atom. The molecule has 0 aliphatic heterocycles. The number of Topliss-reactive ketones (excluding diaryl/α,β-unsaturated/α-hetero) is 2. The molecule has 86 valence electrons. The van der Waals surface area contributed by atoms with Crippen LogP contribution in [0.5, 0.6) is 0 Å². The van der Waals surface area contributed by atoms with Crippen molar-refractivity contribution >= 4 is 11.6 Å². The Labute approximate surface area is 99.7 Å². The van der Waals surface area contributed by atoms with Gasteiger partial charge in [-0.15, -0.1) is 0 Å². The summed E-state index contributed by atoms with van der Waals surface area (Å²) in [6, 6.07) is 8.94. The second-order valence-electron chi connectivity index (χ2n) is 3.90. The molecule has 1 aromatic carbocycles. The Morgan fingerprint density at radius 3 is 1.76 bits per heavy atom. The number of hydrogen-bond acceptors (Lipinski definition) is 2. The quantitative estimate of drug-likeness (QED) is 0.756. The second kappa shape index (κ2) is 4.37. The van der Waals surface area contributed by atoms with Gasteiger partial charge in [0.05, 0.1) is 5.69 Å². The normalized spacial score (nSPS) is 10.2. The molecule has 0 fully saturated rings. The van der Waals surface area contributed by atoms with Crippen LogP contribution < -0.4 is 0 Å². The number of ketones is 2. The fourth-order valence-electron chi connectivity index (χ4n) is 1.87. The van der Waals surface area contributed by atoms with Crippen LogP contribution in [0, 0.1) is 0 Å². The number of carbonyl (C=O) groups is 2. The van der Waals surface area contributed by atoms with Crippen molar-refractivity contribution in [1.29, 1.82) is 0 Å². The number of hydrogen-bond donors (Lipinski definition) is 0. The molecule has 1 aromatic heterocycles. The lowest BCUT2D eigenvalue weighted by Gasteiger charge is -2.12. The van der Waals surface area contributed by atoms with E-state index < -0.39 is 0 Å². The number of aromatic nitrogens is 1. The monoisotopic (exact) mass is 227 g/mol. The molecule has 0 atom stereocenters. The molecule has 2 aromatic rings. The third kappa shape index (κ3) is 2.04. The van der Waals surface area contributed by atoms with Crippen LogP contribution in [0.1, 0.15) is 34.6 Å². The summed E-state index contributed by atoms with van der Waals surface area (Å²) in [7, 11) is 0. The van der Waals surface area contributed by atoms with Crippen molar-refractivity contribution in [3.8, 4) is 5.69 Å². The van der Waals surface area contributed by atoms with Crippen molar-refractivity contribution in [2.24, 2.45) is 0 Å². The highest BCUT2D eigenvalue weighted by Crippen LogP contribution is 2.21. The molecule has 0 saturated heterocycles. The van der Waals surface area contributed by atoms with Gasteiger partial charge in [-0.2, -0.15) is 0 Å². The van der Waals surface area contributed by atoms with Gasteiger partial charge in [-0.3, -0.25) is 9.59 Å². The molecule has 1 heterocycles. The SMILES string of the molecule is CC(=O)c1cccc(C(C)=O)c1-n1cccc1. The summed E-state index contributed by atoms with van der Waals surface area (Å²) < 4.78 is 1.80. The highest BCUT2D eigenvalue weighted by molar-refractivity contribution is 6.05. The first-order valence-electron chi connectivity index (χ1n) is 5.39. The van der Waals surface area contributed by atoms with E-state index in [1.807, 2.05) is 24.5 Å². The van der Waals surface area contributed by atoms with Crippen LogP contribution >= 0.6 is 0 Å². The highest BCUT2D eigenvalue weighted by atomic mass is 16.1. The molecule has 0 spiro atoms. The number of benzene rings is 1. The lowest BCUT2D eigenvalue weighted by molar-refractivity contribution is 0.101. The van der Waals surface area contributed by atoms with Gasteiger partial charge in [0, 0.05) is 23.5 Å². The van der Waals surface area contributed by atoms with Crippen molar-refractivity contribution in [3.63, 3.8) is 0 Å². The first kappa shape index (κ1) is 11.3. The summed E-state index contributed by atoms with van der Waals surface area (Å²) >= 11 is 0. The van der Waals surface area contributed by atoms with E-state index >= 15 is 0 Å². The fraction of sp³-hybridized carbons (Fsp3) is 0.143. The summed E-state index contributed by atoms with van der Waals surface area (Å²) in [6.45, 7) is 3.01. The van der Waals surface area contributed by atoms with Crippen molar-refractivity contribution in [3.05, 3.63) is 53.9 Å². The molecule has 0 aliphatic carbocycles. The van der Waals surface area contributed by atoms with E-state index in [4.69, 9.17) is 0 Å². The predicted octanol–water partition coefficient (Wildman–Crippen LogP) is 2.88. The molecule has 0 saturated carbocycles. The summed E-state index contributed by atoms with van der Waals surface area (Å²) in [5.74, 6) is -0.0893. The van der Waals surface area contributed by atoms with E-state index in [0.29, 0.717) is 16.8 Å². The van der Waals surface area contributed by atoms with Crippen LogP contribution in [0.15, 0.2) is 42.7 Å². The topological polar surface area (TPSA) is 39.1 Å². The van der Waals surface area contributed by atoms with Crippen LogP contribution in [-0.4, -0.2) is 16.1 Å². The molecular formula is C14H13NO2. The minimum Gasteiger partial charge on any atom is -0.322 e. The van der Waals surface area contributed by atoms with E-state index in [1.165, 1.54) is 13.8 Å². The van der Waals surface area contributed by atoms with E-state index in [0.717, 1.165) is 0 Å². The van der Waals surface area contributed by atoms with Crippen molar-refractivity contribution in [2.75, 3.05) is 0 Å². The van der Waals surface area contributed by atoms with Gasteiger partial charge in [0.1, 0.15) is 0 Å². The summed E-state index contributed by atoms with van der Waals surface area (Å²) in [5, 5.41) is 0. The Bertz CT molecular complexity index is 536. The minimum absolute atomic E-state index is 0.0446. The van der Waals surface area contributed by atoms with E-state index in [1.54, 1.807) is 22.8 Å². The van der Waals surface area contributed by atoms with E-state index in [2.05, 4.69) is 0 Å². The predicted molar refractivity (Wildman–Crippen MR) is 65.8 cm³/mol. The maximum atomic E-state index is 11.6. The van der Waals surface area contributed by atoms with E-state index in [-0.39, 0.29) is 11.6 Å². The molecule has 0 unspecified atom stereocenters. The lowest BCUT2D eigenvalue weighted by Crippen LogP contribution is -2.08. The molecular weight excluding hydrogens is 214 g/mol. The summed E-state index contributed by atoms with van der Waals surface area (Å²) in [4.78, 5) is 23.2. The fourth-order valence-corrected chi connectivity index (χ4v) is 1.87.